The van der Waals surface area contributed by atoms with E-state index in [1.54, 1.807) is 0 Å². The van der Waals surface area contributed by atoms with Gasteiger partial charge in [0.15, 0.2) is 0 Å². The number of carboxylic acids is 1. The maximum Gasteiger partial charge on any atom is 0.338 e. The number of rotatable bonds is 6. The van der Waals surface area contributed by atoms with E-state index in [0.29, 0.717) is 13.1 Å². The number of carboxylic acid groups (broad SMARTS) is 1. The van der Waals surface area contributed by atoms with Crippen molar-refractivity contribution < 1.29 is 22.7 Å². The number of carbonyl (C=O) groups is 1. The Morgan fingerprint density at radius 1 is 1.39 bits per heavy atom. The Hall–Kier alpha value is -1.51. The van der Waals surface area contributed by atoms with Gasteiger partial charge in [0.05, 0.1) is 10.5 Å². The fourth-order valence-corrected chi connectivity index (χ4v) is 4.46. The number of hydrogen-bond donors (Lipinski definition) is 1. The topological polar surface area (TPSA) is 77.9 Å². The van der Waals surface area contributed by atoms with E-state index in [-0.39, 0.29) is 10.9 Å². The van der Waals surface area contributed by atoms with Crippen LogP contribution in [0, 0.1) is 5.82 Å². The van der Waals surface area contributed by atoms with E-state index in [9.17, 15) is 17.6 Å². The van der Waals surface area contributed by atoms with Gasteiger partial charge in [0.1, 0.15) is 5.82 Å². The highest BCUT2D eigenvalue weighted by Gasteiger charge is 2.35. The summed E-state index contributed by atoms with van der Waals surface area (Å²) in [4.78, 5) is 13.0. The first-order valence-electron chi connectivity index (χ1n) is 7.58. The van der Waals surface area contributed by atoms with Crippen LogP contribution in [0.1, 0.15) is 30.6 Å². The molecule has 0 spiro atoms. The van der Waals surface area contributed by atoms with E-state index in [1.165, 1.54) is 4.31 Å². The van der Waals surface area contributed by atoms with E-state index in [0.717, 1.165) is 37.7 Å². The van der Waals surface area contributed by atoms with Crippen molar-refractivity contribution in [1.82, 2.24) is 9.21 Å². The van der Waals surface area contributed by atoms with Crippen molar-refractivity contribution in [2.45, 2.75) is 31.2 Å². The predicted molar refractivity (Wildman–Crippen MR) is 83.4 cm³/mol. The molecule has 0 amide bonds. The van der Waals surface area contributed by atoms with Gasteiger partial charge in [0, 0.05) is 19.1 Å². The molecule has 1 aromatic rings. The Labute approximate surface area is 135 Å². The summed E-state index contributed by atoms with van der Waals surface area (Å²) in [6.45, 7) is 6.48. The van der Waals surface area contributed by atoms with Crippen LogP contribution in [0.2, 0.25) is 0 Å². The summed E-state index contributed by atoms with van der Waals surface area (Å²) in [6.07, 6.45) is 0.730. The zero-order valence-corrected chi connectivity index (χ0v) is 14.0. The molecule has 2 rings (SSSR count). The highest BCUT2D eigenvalue weighted by Crippen LogP contribution is 2.25. The molecule has 8 heteroatoms. The third-order valence-corrected chi connectivity index (χ3v) is 6.12. The molecule has 0 saturated carbocycles. The number of nitrogens with zero attached hydrogens (tertiary/aromatic N) is 2. The lowest BCUT2D eigenvalue weighted by molar-refractivity contribution is 0.0691. The minimum atomic E-state index is -3.82. The molecule has 1 aliphatic heterocycles. The van der Waals surface area contributed by atoms with Crippen LogP contribution in [0.25, 0.3) is 0 Å². The molecule has 0 aliphatic carbocycles. The average Bonchev–Trinajstić information content (AvgIpc) is 2.99. The van der Waals surface area contributed by atoms with Crippen LogP contribution in [0.4, 0.5) is 4.39 Å². The molecule has 23 heavy (non-hydrogen) atoms. The monoisotopic (exact) mass is 344 g/mol. The van der Waals surface area contributed by atoms with E-state index < -0.39 is 27.4 Å². The lowest BCUT2D eigenvalue weighted by Crippen LogP contribution is -2.38. The minimum absolute atomic E-state index is 0.152. The van der Waals surface area contributed by atoms with Crippen molar-refractivity contribution in [2.75, 3.05) is 26.2 Å². The number of halogens is 1. The Bertz CT molecular complexity index is 689. The van der Waals surface area contributed by atoms with Gasteiger partial charge in [-0.1, -0.05) is 13.8 Å². The molecule has 1 fully saturated rings. The first-order chi connectivity index (χ1) is 10.8. The molecule has 128 valence electrons. The number of benzene rings is 1. The van der Waals surface area contributed by atoms with Gasteiger partial charge in [-0.25, -0.2) is 17.6 Å². The highest BCUT2D eigenvalue weighted by atomic mass is 32.2. The third kappa shape index (κ3) is 3.54. The fraction of sp³-hybridized carbons (Fsp3) is 0.533. The van der Waals surface area contributed by atoms with Crippen molar-refractivity contribution in [2.24, 2.45) is 0 Å². The first kappa shape index (κ1) is 17.8. The lowest BCUT2D eigenvalue weighted by Gasteiger charge is -2.26. The molecule has 6 nitrogen and oxygen atoms in total. The van der Waals surface area contributed by atoms with Crippen LogP contribution >= 0.6 is 0 Å². The SMILES string of the molecule is CCN(CC)[C@@H]1CCN(S(=O)(=O)c2ccc(F)c(C(=O)O)c2)C1. The lowest BCUT2D eigenvalue weighted by atomic mass is 10.2. The van der Waals surface area contributed by atoms with E-state index in [1.807, 2.05) is 13.8 Å². The van der Waals surface area contributed by atoms with Crippen LogP contribution in [0.5, 0.6) is 0 Å². The fourth-order valence-electron chi connectivity index (χ4n) is 2.94. The highest BCUT2D eigenvalue weighted by molar-refractivity contribution is 7.89. The summed E-state index contributed by atoms with van der Waals surface area (Å²) >= 11 is 0. The van der Waals surface area contributed by atoms with Crippen molar-refractivity contribution in [3.05, 3.63) is 29.6 Å². The largest absolute Gasteiger partial charge is 0.478 e. The van der Waals surface area contributed by atoms with Gasteiger partial charge >= 0.3 is 5.97 Å². The molecule has 0 bridgehead atoms. The standard InChI is InChI=1S/C15H21FN2O4S/c1-3-17(4-2)11-7-8-18(10-11)23(21,22)12-5-6-14(16)13(9-12)15(19)20/h5-6,9,11H,3-4,7-8,10H2,1-2H3,(H,19,20)/t11-/m1/s1. The molecule has 1 atom stereocenters. The Morgan fingerprint density at radius 3 is 2.61 bits per heavy atom. The van der Waals surface area contributed by atoms with Crippen molar-refractivity contribution in [1.29, 1.82) is 0 Å². The molecule has 1 N–H and O–H groups in total. The Balaban J connectivity index is 2.26. The molecule has 1 aliphatic rings. The molecular formula is C15H21FN2O4S. The first-order valence-corrected chi connectivity index (χ1v) is 9.02. The summed E-state index contributed by atoms with van der Waals surface area (Å²) in [5, 5.41) is 8.94. The summed E-state index contributed by atoms with van der Waals surface area (Å²) in [7, 11) is -3.82. The van der Waals surface area contributed by atoms with Gasteiger partial charge in [-0.15, -0.1) is 0 Å². The third-order valence-electron chi connectivity index (χ3n) is 4.26. The molecular weight excluding hydrogens is 323 g/mol. The zero-order chi connectivity index (χ0) is 17.2. The molecule has 1 heterocycles. The molecule has 0 aromatic heterocycles. The maximum absolute atomic E-state index is 13.4. The van der Waals surface area contributed by atoms with Crippen LogP contribution < -0.4 is 0 Å². The van der Waals surface area contributed by atoms with Gasteiger partial charge in [0.25, 0.3) is 0 Å². The zero-order valence-electron chi connectivity index (χ0n) is 13.2. The summed E-state index contributed by atoms with van der Waals surface area (Å²) in [5.41, 5.74) is -0.634. The predicted octanol–water partition coefficient (Wildman–Crippen LogP) is 1.63. The minimum Gasteiger partial charge on any atom is -0.478 e. The van der Waals surface area contributed by atoms with Gasteiger partial charge in [-0.2, -0.15) is 4.31 Å². The quantitative estimate of drug-likeness (QED) is 0.849. The number of hydrogen-bond acceptors (Lipinski definition) is 4. The van der Waals surface area contributed by atoms with Crippen molar-refractivity contribution in [3.8, 4) is 0 Å². The number of sulfonamides is 1. The second-order valence-corrected chi connectivity index (χ2v) is 7.41. The summed E-state index contributed by atoms with van der Waals surface area (Å²) in [6, 6.07) is 3.03. The second kappa shape index (κ2) is 6.94. The normalized spacial score (nSPS) is 19.4. The summed E-state index contributed by atoms with van der Waals surface area (Å²) < 4.78 is 40.1. The van der Waals surface area contributed by atoms with Crippen LogP contribution in [0.15, 0.2) is 23.1 Å². The second-order valence-electron chi connectivity index (χ2n) is 5.47. The molecule has 1 saturated heterocycles. The van der Waals surface area contributed by atoms with Crippen LogP contribution in [0.3, 0.4) is 0 Å². The smallest absolute Gasteiger partial charge is 0.338 e. The van der Waals surface area contributed by atoms with Crippen LogP contribution in [-0.4, -0.2) is 60.9 Å². The number of likely N-dealkylation sites (N-methyl/N-ethyl adjacent to an activating group) is 1. The van der Waals surface area contributed by atoms with Gasteiger partial charge in [-0.3, -0.25) is 4.90 Å². The van der Waals surface area contributed by atoms with Crippen molar-refractivity contribution in [3.63, 3.8) is 0 Å². The van der Waals surface area contributed by atoms with Gasteiger partial charge in [0.2, 0.25) is 10.0 Å². The summed E-state index contributed by atoms with van der Waals surface area (Å²) in [5.74, 6) is -2.43. The Kier molecular flexibility index (Phi) is 5.38. The van der Waals surface area contributed by atoms with Crippen LogP contribution in [-0.2, 0) is 10.0 Å². The van der Waals surface area contributed by atoms with E-state index >= 15 is 0 Å². The Morgan fingerprint density at radius 2 is 2.04 bits per heavy atom. The molecule has 0 radical (unpaired) electrons. The molecule has 1 aromatic carbocycles. The molecule has 0 unspecified atom stereocenters. The van der Waals surface area contributed by atoms with Crippen molar-refractivity contribution >= 4 is 16.0 Å². The van der Waals surface area contributed by atoms with Gasteiger partial charge in [-0.05, 0) is 37.7 Å². The van der Waals surface area contributed by atoms with E-state index in [4.69, 9.17) is 5.11 Å². The average molecular weight is 344 g/mol. The van der Waals surface area contributed by atoms with Gasteiger partial charge < -0.3 is 5.11 Å². The maximum atomic E-state index is 13.4. The number of aromatic carboxylic acids is 1. The van der Waals surface area contributed by atoms with E-state index in [2.05, 4.69) is 4.90 Å².